The maximum atomic E-state index is 13.0. The number of carbonyl (C=O) groups excluding carboxylic acids is 1. The number of hydrogen-bond acceptors (Lipinski definition) is 4. The molecule has 9 heteroatoms. The minimum absolute atomic E-state index is 0.0324. The van der Waals surface area contributed by atoms with Crippen LogP contribution in [0.15, 0.2) is 41.5 Å². The van der Waals surface area contributed by atoms with E-state index in [1.165, 1.54) is 17.0 Å². The lowest BCUT2D eigenvalue weighted by Crippen LogP contribution is -2.43. The molecule has 0 bridgehead atoms. The van der Waals surface area contributed by atoms with E-state index in [-0.39, 0.29) is 18.3 Å². The van der Waals surface area contributed by atoms with Crippen molar-refractivity contribution in [2.24, 2.45) is 4.99 Å². The third-order valence-electron chi connectivity index (χ3n) is 3.64. The first kappa shape index (κ1) is 20.8. The fourth-order valence-corrected chi connectivity index (χ4v) is 2.41. The summed E-state index contributed by atoms with van der Waals surface area (Å²) < 4.78 is 14.7. The number of aromatic nitrogens is 2. The lowest BCUT2D eigenvalue weighted by molar-refractivity contribution is -0.127. The summed E-state index contributed by atoms with van der Waals surface area (Å²) in [5.41, 5.74) is 1.55. The fourth-order valence-electron chi connectivity index (χ4n) is 2.11. The van der Waals surface area contributed by atoms with Gasteiger partial charge in [0.25, 0.3) is 0 Å². The van der Waals surface area contributed by atoms with E-state index in [1.807, 2.05) is 18.5 Å². The van der Waals surface area contributed by atoms with E-state index in [4.69, 9.17) is 0 Å². The second kappa shape index (κ2) is 10.6. The van der Waals surface area contributed by atoms with Crippen LogP contribution in [0.3, 0.4) is 0 Å². The largest absolute Gasteiger partial charge is 0.356 e. The molecule has 0 radical (unpaired) electrons. The summed E-state index contributed by atoms with van der Waals surface area (Å²) >= 11 is 1.73. The highest BCUT2D eigenvalue weighted by molar-refractivity contribution is 7.98. The Balaban J connectivity index is 2.00. The maximum absolute atomic E-state index is 13.0. The van der Waals surface area contributed by atoms with Crippen LogP contribution in [0.5, 0.6) is 0 Å². The van der Waals surface area contributed by atoms with Crippen LogP contribution in [-0.2, 0) is 11.3 Å². The van der Waals surface area contributed by atoms with Crippen LogP contribution in [0, 0.1) is 5.82 Å². The molecule has 27 heavy (non-hydrogen) atoms. The molecular weight excluding hydrogens is 367 g/mol. The monoisotopic (exact) mass is 392 g/mol. The molecule has 0 spiro atoms. The molecule has 1 amide bonds. The van der Waals surface area contributed by atoms with Crippen LogP contribution < -0.4 is 10.6 Å². The van der Waals surface area contributed by atoms with E-state index in [2.05, 4.69) is 20.7 Å². The number of hydrogen-bond donors (Lipinski definition) is 2. The smallest absolute Gasteiger partial charge is 0.241 e. The number of likely N-dealkylation sites (N-methyl/N-ethyl adjacent to an activating group) is 1. The first-order valence-electron chi connectivity index (χ1n) is 8.51. The van der Waals surface area contributed by atoms with Crippen molar-refractivity contribution >= 4 is 23.6 Å². The van der Waals surface area contributed by atoms with Gasteiger partial charge < -0.3 is 15.5 Å². The molecule has 2 rings (SSSR count). The Labute approximate surface area is 163 Å². The molecule has 0 saturated heterocycles. The van der Waals surface area contributed by atoms with Gasteiger partial charge in [-0.2, -0.15) is 16.9 Å². The summed E-state index contributed by atoms with van der Waals surface area (Å²) in [6.45, 7) is 1.27. The molecule has 0 unspecified atom stereocenters. The van der Waals surface area contributed by atoms with Gasteiger partial charge in [0.15, 0.2) is 5.96 Å². The van der Waals surface area contributed by atoms with Crippen LogP contribution in [0.4, 0.5) is 4.39 Å². The van der Waals surface area contributed by atoms with Gasteiger partial charge in [0.05, 0.1) is 24.5 Å². The van der Waals surface area contributed by atoms with E-state index in [0.29, 0.717) is 12.5 Å². The Morgan fingerprint density at radius 2 is 2.00 bits per heavy atom. The average molecular weight is 393 g/mol. The zero-order valence-corrected chi connectivity index (χ0v) is 16.6. The van der Waals surface area contributed by atoms with Gasteiger partial charge in [-0.05, 0) is 36.6 Å². The zero-order chi connectivity index (χ0) is 19.6. The molecule has 7 nitrogen and oxygen atoms in total. The van der Waals surface area contributed by atoms with Crippen molar-refractivity contribution in [3.05, 3.63) is 48.0 Å². The zero-order valence-electron chi connectivity index (χ0n) is 15.8. The summed E-state index contributed by atoms with van der Waals surface area (Å²) in [7, 11) is 3.42. The molecule has 0 aliphatic rings. The summed E-state index contributed by atoms with van der Waals surface area (Å²) in [5, 5.41) is 10.7. The first-order valence-corrected chi connectivity index (χ1v) is 9.90. The van der Waals surface area contributed by atoms with Gasteiger partial charge in [0.1, 0.15) is 5.82 Å². The topological polar surface area (TPSA) is 74.5 Å². The second-order valence-corrected chi connectivity index (χ2v) is 6.94. The van der Waals surface area contributed by atoms with Gasteiger partial charge in [-0.3, -0.25) is 4.79 Å². The fraction of sp³-hybridized carbons (Fsp3) is 0.389. The Hall–Kier alpha value is -2.55. The minimum Gasteiger partial charge on any atom is -0.356 e. The van der Waals surface area contributed by atoms with E-state index in [9.17, 15) is 9.18 Å². The Morgan fingerprint density at radius 1 is 1.26 bits per heavy atom. The first-order chi connectivity index (χ1) is 13.0. The number of guanidine groups is 1. The summed E-state index contributed by atoms with van der Waals surface area (Å²) in [6, 6.07) is 7.98. The normalized spacial score (nSPS) is 11.3. The van der Waals surface area contributed by atoms with Crippen molar-refractivity contribution in [3.8, 4) is 5.69 Å². The van der Waals surface area contributed by atoms with E-state index >= 15 is 0 Å². The van der Waals surface area contributed by atoms with Crippen molar-refractivity contribution in [1.82, 2.24) is 25.3 Å². The van der Waals surface area contributed by atoms with Crippen molar-refractivity contribution in [2.75, 3.05) is 39.2 Å². The molecule has 0 aliphatic heterocycles. The van der Waals surface area contributed by atoms with Crippen molar-refractivity contribution < 1.29 is 9.18 Å². The Bertz CT molecular complexity index is 759. The summed E-state index contributed by atoms with van der Waals surface area (Å²) in [6.07, 6.45) is 3.84. The summed E-state index contributed by atoms with van der Waals surface area (Å²) in [5.74, 6) is 1.18. The minimum atomic E-state index is -0.282. The highest BCUT2D eigenvalue weighted by Gasteiger charge is 2.07. The maximum Gasteiger partial charge on any atom is 0.241 e. The molecule has 2 aromatic rings. The van der Waals surface area contributed by atoms with Gasteiger partial charge >= 0.3 is 0 Å². The standard InChI is InChI=1S/C18H25FN6OS/c1-24(2)17(26)13-22-18(20-9-11-27-3)21-12-15-8-10-25(23-15)16-6-4-14(19)5-7-16/h4-8,10H,9,11-13H2,1-3H3,(H2,20,21,22). The van der Waals surface area contributed by atoms with Gasteiger partial charge in [0.2, 0.25) is 5.91 Å². The highest BCUT2D eigenvalue weighted by atomic mass is 32.2. The van der Waals surface area contributed by atoms with E-state index in [1.54, 1.807) is 42.7 Å². The van der Waals surface area contributed by atoms with Crippen molar-refractivity contribution in [2.45, 2.75) is 6.54 Å². The van der Waals surface area contributed by atoms with E-state index in [0.717, 1.165) is 23.7 Å². The predicted molar refractivity (Wildman–Crippen MR) is 108 cm³/mol. The molecule has 2 N–H and O–H groups in total. The third kappa shape index (κ3) is 6.93. The second-order valence-electron chi connectivity index (χ2n) is 5.95. The average Bonchev–Trinajstić information content (AvgIpc) is 3.12. The molecule has 0 aliphatic carbocycles. The number of thioether (sulfide) groups is 1. The number of amides is 1. The molecule has 146 valence electrons. The van der Waals surface area contributed by atoms with E-state index < -0.39 is 0 Å². The lowest BCUT2D eigenvalue weighted by Gasteiger charge is -2.14. The van der Waals surface area contributed by atoms with Crippen LogP contribution in [0.1, 0.15) is 5.69 Å². The highest BCUT2D eigenvalue weighted by Crippen LogP contribution is 2.09. The van der Waals surface area contributed by atoms with Crippen LogP contribution >= 0.6 is 11.8 Å². The molecule has 0 saturated carbocycles. The predicted octanol–water partition coefficient (Wildman–Crippen LogP) is 1.50. The Kier molecular flexibility index (Phi) is 8.12. The number of halogens is 1. The SMILES string of the molecule is CSCCNC(=NCc1ccn(-c2ccc(F)cc2)n1)NCC(=O)N(C)C. The molecule has 0 fully saturated rings. The number of carbonyl (C=O) groups is 1. The third-order valence-corrected chi connectivity index (χ3v) is 4.25. The Morgan fingerprint density at radius 3 is 2.67 bits per heavy atom. The number of rotatable bonds is 8. The molecule has 1 aromatic carbocycles. The number of nitrogens with one attached hydrogen (secondary N) is 2. The molecule has 1 heterocycles. The van der Waals surface area contributed by atoms with Gasteiger partial charge in [-0.25, -0.2) is 14.1 Å². The van der Waals surface area contributed by atoms with Gasteiger partial charge in [0, 0.05) is 32.6 Å². The van der Waals surface area contributed by atoms with Crippen molar-refractivity contribution in [3.63, 3.8) is 0 Å². The number of benzene rings is 1. The molecular formula is C18H25FN6OS. The van der Waals surface area contributed by atoms with Crippen LogP contribution in [0.25, 0.3) is 5.69 Å². The number of aliphatic imine (C=N–C) groups is 1. The van der Waals surface area contributed by atoms with Crippen molar-refractivity contribution in [1.29, 1.82) is 0 Å². The van der Waals surface area contributed by atoms with Gasteiger partial charge in [-0.1, -0.05) is 0 Å². The quantitative estimate of drug-likeness (QED) is 0.405. The summed E-state index contributed by atoms with van der Waals surface area (Å²) in [4.78, 5) is 17.8. The number of nitrogens with zero attached hydrogens (tertiary/aromatic N) is 4. The lowest BCUT2D eigenvalue weighted by atomic mass is 10.3. The molecule has 0 atom stereocenters. The van der Waals surface area contributed by atoms with Crippen LogP contribution in [-0.4, -0.2) is 65.7 Å². The van der Waals surface area contributed by atoms with Gasteiger partial charge in [-0.15, -0.1) is 0 Å². The van der Waals surface area contributed by atoms with Crippen LogP contribution in [0.2, 0.25) is 0 Å². The molecule has 1 aromatic heterocycles.